The normalized spacial score (nSPS) is 12.8. The summed E-state index contributed by atoms with van der Waals surface area (Å²) in [6.45, 7) is 2.13. The van der Waals surface area contributed by atoms with E-state index in [0.29, 0.717) is 0 Å². The third kappa shape index (κ3) is 3.35. The molecule has 0 bridgehead atoms. The van der Waals surface area contributed by atoms with E-state index in [1.165, 1.54) is 23.4 Å². The van der Waals surface area contributed by atoms with E-state index in [4.69, 9.17) is 0 Å². The van der Waals surface area contributed by atoms with Crippen molar-refractivity contribution in [1.82, 2.24) is 0 Å². The molecule has 0 aliphatic rings. The van der Waals surface area contributed by atoms with E-state index >= 15 is 0 Å². The Bertz CT molecular complexity index is 531. The standard InChI is InChI=1S/C12H8Br3IS/c1-6-10(14)5-11(17-6)12(15)8-4-7(16)2-3-9(8)13/h2-5,12H,1H3. The number of rotatable bonds is 2. The summed E-state index contributed by atoms with van der Waals surface area (Å²) in [5.74, 6) is 0. The second-order valence-electron chi connectivity index (χ2n) is 3.58. The van der Waals surface area contributed by atoms with Crippen molar-refractivity contribution in [2.45, 2.75) is 11.8 Å². The monoisotopic (exact) mass is 548 g/mol. The van der Waals surface area contributed by atoms with Crippen LogP contribution in [0.25, 0.3) is 0 Å². The van der Waals surface area contributed by atoms with Crippen molar-refractivity contribution in [3.63, 3.8) is 0 Å². The summed E-state index contributed by atoms with van der Waals surface area (Å²) in [6.07, 6.45) is 0. The highest BCUT2D eigenvalue weighted by molar-refractivity contribution is 14.1. The Labute approximate surface area is 144 Å². The molecule has 0 radical (unpaired) electrons. The SMILES string of the molecule is Cc1sc(C(Br)c2cc(I)ccc2Br)cc1Br. The van der Waals surface area contributed by atoms with E-state index in [1.54, 1.807) is 0 Å². The van der Waals surface area contributed by atoms with Gasteiger partial charge >= 0.3 is 0 Å². The quantitative estimate of drug-likeness (QED) is 0.289. The van der Waals surface area contributed by atoms with E-state index in [0.717, 1.165) is 4.47 Å². The van der Waals surface area contributed by atoms with Gasteiger partial charge in [-0.05, 0) is 75.3 Å². The molecule has 2 aromatic rings. The molecule has 0 N–H and O–H groups in total. The Kier molecular flexibility index (Phi) is 5.14. The van der Waals surface area contributed by atoms with E-state index < -0.39 is 0 Å². The summed E-state index contributed by atoms with van der Waals surface area (Å²) in [7, 11) is 0. The maximum atomic E-state index is 3.78. The summed E-state index contributed by atoms with van der Waals surface area (Å²) in [6, 6.07) is 8.59. The first-order valence-electron chi connectivity index (χ1n) is 4.84. The van der Waals surface area contributed by atoms with Crippen molar-refractivity contribution in [1.29, 1.82) is 0 Å². The fraction of sp³-hybridized carbons (Fsp3) is 0.167. The van der Waals surface area contributed by atoms with Gasteiger partial charge in [-0.1, -0.05) is 31.9 Å². The zero-order valence-corrected chi connectivity index (χ0v) is 16.5. The first kappa shape index (κ1) is 14.5. The van der Waals surface area contributed by atoms with E-state index in [2.05, 4.69) is 102 Å². The highest BCUT2D eigenvalue weighted by Gasteiger charge is 2.17. The molecule has 5 heteroatoms. The van der Waals surface area contributed by atoms with Crippen LogP contribution in [-0.2, 0) is 0 Å². The summed E-state index contributed by atoms with van der Waals surface area (Å²) in [5.41, 5.74) is 1.27. The van der Waals surface area contributed by atoms with Crippen LogP contribution in [0, 0.1) is 10.5 Å². The second kappa shape index (κ2) is 6.03. The van der Waals surface area contributed by atoms with Gasteiger partial charge in [0.2, 0.25) is 0 Å². The molecule has 0 saturated carbocycles. The lowest BCUT2D eigenvalue weighted by Crippen LogP contribution is -1.92. The minimum absolute atomic E-state index is 0.238. The molecule has 0 spiro atoms. The maximum Gasteiger partial charge on any atom is 0.0749 e. The van der Waals surface area contributed by atoms with Crippen LogP contribution in [0.2, 0.25) is 0 Å². The molecule has 1 atom stereocenters. The van der Waals surface area contributed by atoms with Gasteiger partial charge in [0.25, 0.3) is 0 Å². The van der Waals surface area contributed by atoms with Gasteiger partial charge in [0, 0.05) is 22.3 Å². The number of alkyl halides is 1. The van der Waals surface area contributed by atoms with Crippen LogP contribution in [0.1, 0.15) is 20.1 Å². The number of aryl methyl sites for hydroxylation is 1. The summed E-state index contributed by atoms with van der Waals surface area (Å²) in [5, 5.41) is 0. The van der Waals surface area contributed by atoms with Crippen molar-refractivity contribution >= 4 is 81.7 Å². The Morgan fingerprint density at radius 2 is 1.88 bits per heavy atom. The molecular weight excluding hydrogens is 543 g/mol. The molecule has 0 aliphatic heterocycles. The lowest BCUT2D eigenvalue weighted by atomic mass is 10.1. The molecule has 17 heavy (non-hydrogen) atoms. The summed E-state index contributed by atoms with van der Waals surface area (Å²) < 4.78 is 3.57. The Hall–Kier alpha value is 1.09. The number of benzene rings is 1. The van der Waals surface area contributed by atoms with Crippen LogP contribution in [0.4, 0.5) is 0 Å². The molecule has 1 unspecified atom stereocenters. The van der Waals surface area contributed by atoms with Crippen molar-refractivity contribution < 1.29 is 0 Å². The molecule has 2 rings (SSSR count). The van der Waals surface area contributed by atoms with Gasteiger partial charge in [-0.25, -0.2) is 0 Å². The van der Waals surface area contributed by atoms with Gasteiger partial charge in [-0.2, -0.15) is 0 Å². The first-order chi connectivity index (χ1) is 7.99. The molecule has 0 amide bonds. The lowest BCUT2D eigenvalue weighted by molar-refractivity contribution is 1.20. The van der Waals surface area contributed by atoms with Crippen molar-refractivity contribution in [2.75, 3.05) is 0 Å². The third-order valence-electron chi connectivity index (χ3n) is 2.36. The average molecular weight is 551 g/mol. The summed E-state index contributed by atoms with van der Waals surface area (Å²) in [4.78, 5) is 2.87. The van der Waals surface area contributed by atoms with Gasteiger partial charge in [0.05, 0.1) is 4.83 Å². The Balaban J connectivity index is 2.42. The Morgan fingerprint density at radius 3 is 2.47 bits per heavy atom. The molecule has 0 fully saturated rings. The van der Waals surface area contributed by atoms with Crippen LogP contribution in [0.5, 0.6) is 0 Å². The molecule has 90 valence electrons. The zero-order chi connectivity index (χ0) is 12.6. The second-order valence-corrected chi connectivity index (χ2v) is 8.74. The highest BCUT2D eigenvalue weighted by atomic mass is 127. The molecular formula is C12H8Br3IS. The Morgan fingerprint density at radius 1 is 1.18 bits per heavy atom. The van der Waals surface area contributed by atoms with Crippen LogP contribution in [0.3, 0.4) is 0 Å². The number of thiophene rings is 1. The fourth-order valence-corrected chi connectivity index (χ4v) is 5.12. The molecule has 1 aromatic heterocycles. The molecule has 0 saturated heterocycles. The molecule has 0 aliphatic carbocycles. The van der Waals surface area contributed by atoms with Gasteiger partial charge in [-0.15, -0.1) is 11.3 Å². The van der Waals surface area contributed by atoms with Crippen LogP contribution < -0.4 is 0 Å². The van der Waals surface area contributed by atoms with Crippen LogP contribution in [0.15, 0.2) is 33.2 Å². The zero-order valence-electron chi connectivity index (χ0n) is 8.81. The number of halogens is 4. The highest BCUT2D eigenvalue weighted by Crippen LogP contribution is 2.41. The third-order valence-corrected chi connectivity index (χ3v) is 7.24. The van der Waals surface area contributed by atoms with Crippen molar-refractivity contribution in [3.05, 3.63) is 52.1 Å². The van der Waals surface area contributed by atoms with E-state index in [1.807, 2.05) is 11.3 Å². The minimum atomic E-state index is 0.238. The predicted molar refractivity (Wildman–Crippen MR) is 94.4 cm³/mol. The van der Waals surface area contributed by atoms with Gasteiger partial charge in [0.15, 0.2) is 0 Å². The number of hydrogen-bond acceptors (Lipinski definition) is 1. The predicted octanol–water partition coefficient (Wildman–Crippen LogP) is 6.67. The van der Waals surface area contributed by atoms with Gasteiger partial charge in [0.1, 0.15) is 0 Å². The molecule has 0 nitrogen and oxygen atoms in total. The molecule has 1 aromatic carbocycles. The minimum Gasteiger partial charge on any atom is -0.143 e. The van der Waals surface area contributed by atoms with E-state index in [9.17, 15) is 0 Å². The summed E-state index contributed by atoms with van der Waals surface area (Å²) >= 11 is 15.1. The van der Waals surface area contributed by atoms with Crippen LogP contribution >= 0.6 is 81.7 Å². The van der Waals surface area contributed by atoms with Gasteiger partial charge in [-0.3, -0.25) is 0 Å². The fourth-order valence-electron chi connectivity index (χ4n) is 1.47. The first-order valence-corrected chi connectivity index (χ1v) is 9.23. The smallest absolute Gasteiger partial charge is 0.0749 e. The van der Waals surface area contributed by atoms with Crippen molar-refractivity contribution in [3.8, 4) is 0 Å². The number of hydrogen-bond donors (Lipinski definition) is 0. The van der Waals surface area contributed by atoms with Crippen molar-refractivity contribution in [2.24, 2.45) is 0 Å². The average Bonchev–Trinajstić information content (AvgIpc) is 2.62. The lowest BCUT2D eigenvalue weighted by Gasteiger charge is -2.11. The van der Waals surface area contributed by atoms with Gasteiger partial charge < -0.3 is 0 Å². The van der Waals surface area contributed by atoms with E-state index in [-0.39, 0.29) is 4.83 Å². The topological polar surface area (TPSA) is 0 Å². The molecule has 1 heterocycles. The largest absolute Gasteiger partial charge is 0.143 e. The van der Waals surface area contributed by atoms with Crippen LogP contribution in [-0.4, -0.2) is 0 Å². The maximum absolute atomic E-state index is 3.78.